The van der Waals surface area contributed by atoms with Crippen molar-refractivity contribution in [1.29, 1.82) is 0 Å². The van der Waals surface area contributed by atoms with Crippen molar-refractivity contribution < 1.29 is 9.50 Å². The first-order valence-electron chi connectivity index (χ1n) is 2.45. The van der Waals surface area contributed by atoms with Gasteiger partial charge in [-0.2, -0.15) is 0 Å². The number of hydrogen-bond donors (Lipinski definition) is 1. The predicted molar refractivity (Wildman–Crippen MR) is 43.5 cm³/mol. The van der Waals surface area contributed by atoms with Crippen molar-refractivity contribution in [1.82, 2.24) is 0 Å². The maximum absolute atomic E-state index is 12.7. The number of aromatic hydroxyl groups is 1. The van der Waals surface area contributed by atoms with Crippen molar-refractivity contribution in [2.45, 2.75) is 0 Å². The van der Waals surface area contributed by atoms with Gasteiger partial charge in [0.15, 0.2) is 5.82 Å². The fraction of sp³-hybridized carbons (Fsp3) is 0. The fourth-order valence-electron chi connectivity index (χ4n) is 0.542. The second-order valence-electron chi connectivity index (χ2n) is 1.72. The number of benzene rings is 1. The average molecular weight is 270 g/mol. The maximum Gasteiger partial charge on any atom is 0.151 e. The van der Waals surface area contributed by atoms with E-state index in [0.29, 0.717) is 0 Å². The molecule has 0 spiro atoms. The first-order valence-corrected chi connectivity index (χ1v) is 4.03. The van der Waals surface area contributed by atoms with Gasteiger partial charge in [0.1, 0.15) is 5.75 Å². The lowest BCUT2D eigenvalue weighted by molar-refractivity contribution is 0.471. The van der Waals surface area contributed by atoms with Crippen molar-refractivity contribution >= 4 is 31.9 Å². The molecule has 0 unspecified atom stereocenters. The van der Waals surface area contributed by atoms with E-state index >= 15 is 0 Å². The van der Waals surface area contributed by atoms with Gasteiger partial charge in [0.05, 0.1) is 8.95 Å². The molecule has 10 heavy (non-hydrogen) atoms. The molecule has 0 fully saturated rings. The molecule has 4 heteroatoms. The molecule has 1 rings (SSSR count). The summed E-state index contributed by atoms with van der Waals surface area (Å²) in [4.78, 5) is 0. The van der Waals surface area contributed by atoms with Crippen LogP contribution in [0.15, 0.2) is 21.1 Å². The highest BCUT2D eigenvalue weighted by Crippen LogP contribution is 2.28. The number of phenols is 1. The Bertz CT molecular complexity index is 239. The van der Waals surface area contributed by atoms with Gasteiger partial charge in [-0.3, -0.25) is 0 Å². The van der Waals surface area contributed by atoms with E-state index in [2.05, 4.69) is 31.9 Å². The van der Waals surface area contributed by atoms with Crippen molar-refractivity contribution in [3.05, 3.63) is 26.9 Å². The number of halogens is 3. The summed E-state index contributed by atoms with van der Waals surface area (Å²) in [6, 6.07) is 2.58. The summed E-state index contributed by atoms with van der Waals surface area (Å²) in [6.07, 6.45) is 0. The molecule has 0 atom stereocenters. The predicted octanol–water partition coefficient (Wildman–Crippen LogP) is 3.06. The summed E-state index contributed by atoms with van der Waals surface area (Å²) in [7, 11) is 0. The van der Waals surface area contributed by atoms with E-state index in [4.69, 9.17) is 5.11 Å². The minimum atomic E-state index is -0.405. The Hall–Kier alpha value is -0.0900. The van der Waals surface area contributed by atoms with Crippen LogP contribution in [0.4, 0.5) is 4.39 Å². The Morgan fingerprint density at radius 3 is 2.00 bits per heavy atom. The fourth-order valence-corrected chi connectivity index (χ4v) is 1.70. The van der Waals surface area contributed by atoms with Crippen LogP contribution in [0.25, 0.3) is 0 Å². The molecule has 0 radical (unpaired) electrons. The molecule has 54 valence electrons. The molecular formula is C6H3Br2FO. The summed E-state index contributed by atoms with van der Waals surface area (Å²) in [5.74, 6) is -0.377. The van der Waals surface area contributed by atoms with E-state index in [1.165, 1.54) is 12.1 Å². The first-order chi connectivity index (χ1) is 4.61. The lowest BCUT2D eigenvalue weighted by Crippen LogP contribution is -1.78. The lowest BCUT2D eigenvalue weighted by Gasteiger charge is -1.97. The molecule has 1 nitrogen and oxygen atoms in total. The van der Waals surface area contributed by atoms with Gasteiger partial charge < -0.3 is 5.11 Å². The summed E-state index contributed by atoms with van der Waals surface area (Å²) in [5.41, 5.74) is 0. The van der Waals surface area contributed by atoms with Gasteiger partial charge in [-0.05, 0) is 44.0 Å². The second kappa shape index (κ2) is 2.88. The molecule has 0 aliphatic rings. The maximum atomic E-state index is 12.7. The molecule has 0 saturated carbocycles. The highest BCUT2D eigenvalue weighted by molar-refractivity contribution is 9.11. The van der Waals surface area contributed by atoms with Gasteiger partial charge >= 0.3 is 0 Å². The van der Waals surface area contributed by atoms with Crippen LogP contribution < -0.4 is 0 Å². The average Bonchev–Trinajstić information content (AvgIpc) is 1.82. The molecule has 0 saturated heterocycles. The monoisotopic (exact) mass is 268 g/mol. The largest absolute Gasteiger partial charge is 0.508 e. The standard InChI is InChI=1S/C6H3Br2FO/c7-4-1-3(10)2-5(8)6(4)9/h1-2,10H. The second-order valence-corrected chi connectivity index (χ2v) is 3.43. The third kappa shape index (κ3) is 1.49. The van der Waals surface area contributed by atoms with Crippen molar-refractivity contribution in [2.24, 2.45) is 0 Å². The molecule has 0 aromatic heterocycles. The first kappa shape index (κ1) is 8.01. The van der Waals surface area contributed by atoms with Crippen LogP contribution in [0, 0.1) is 5.82 Å². The van der Waals surface area contributed by atoms with E-state index in [0.717, 1.165) is 0 Å². The zero-order chi connectivity index (χ0) is 7.72. The molecule has 1 N–H and O–H groups in total. The summed E-state index contributed by atoms with van der Waals surface area (Å²) in [6.45, 7) is 0. The topological polar surface area (TPSA) is 20.2 Å². The Morgan fingerprint density at radius 2 is 1.60 bits per heavy atom. The van der Waals surface area contributed by atoms with Crippen LogP contribution in [0.3, 0.4) is 0 Å². The van der Waals surface area contributed by atoms with Crippen LogP contribution in [-0.4, -0.2) is 5.11 Å². The highest BCUT2D eigenvalue weighted by atomic mass is 79.9. The molecule has 0 bridgehead atoms. The van der Waals surface area contributed by atoms with Crippen LogP contribution in [0.2, 0.25) is 0 Å². The van der Waals surface area contributed by atoms with E-state index < -0.39 is 5.82 Å². The van der Waals surface area contributed by atoms with Crippen LogP contribution in [0.5, 0.6) is 5.75 Å². The van der Waals surface area contributed by atoms with Crippen LogP contribution in [0.1, 0.15) is 0 Å². The Labute approximate surface area is 74.1 Å². The van der Waals surface area contributed by atoms with Gasteiger partial charge in [0, 0.05) is 0 Å². The molecule has 0 amide bonds. The highest BCUT2D eigenvalue weighted by Gasteiger charge is 2.04. The molecule has 0 aliphatic heterocycles. The summed E-state index contributed by atoms with van der Waals surface area (Å²) >= 11 is 5.86. The quantitative estimate of drug-likeness (QED) is 0.718. The number of rotatable bonds is 0. The van der Waals surface area contributed by atoms with Crippen molar-refractivity contribution in [2.75, 3.05) is 0 Å². The summed E-state index contributed by atoms with van der Waals surface area (Å²) in [5, 5.41) is 8.89. The van der Waals surface area contributed by atoms with E-state index in [1.807, 2.05) is 0 Å². The molecule has 0 heterocycles. The number of phenolic OH excluding ortho intramolecular Hbond substituents is 1. The van der Waals surface area contributed by atoms with E-state index in [9.17, 15) is 4.39 Å². The zero-order valence-electron chi connectivity index (χ0n) is 4.74. The lowest BCUT2D eigenvalue weighted by atomic mass is 10.3. The minimum absolute atomic E-state index is 0.0279. The Morgan fingerprint density at radius 1 is 1.20 bits per heavy atom. The normalized spacial score (nSPS) is 9.90. The van der Waals surface area contributed by atoms with E-state index in [-0.39, 0.29) is 14.7 Å². The van der Waals surface area contributed by atoms with Crippen LogP contribution in [-0.2, 0) is 0 Å². The van der Waals surface area contributed by atoms with Crippen molar-refractivity contribution in [3.8, 4) is 5.75 Å². The number of hydrogen-bond acceptors (Lipinski definition) is 1. The van der Waals surface area contributed by atoms with Gasteiger partial charge in [0.25, 0.3) is 0 Å². The Kier molecular flexibility index (Phi) is 2.31. The summed E-state index contributed by atoms with van der Waals surface area (Å²) < 4.78 is 13.2. The minimum Gasteiger partial charge on any atom is -0.508 e. The van der Waals surface area contributed by atoms with Crippen molar-refractivity contribution in [3.63, 3.8) is 0 Å². The Balaban J connectivity index is 3.31. The van der Waals surface area contributed by atoms with Gasteiger partial charge in [-0.15, -0.1) is 0 Å². The van der Waals surface area contributed by atoms with E-state index in [1.54, 1.807) is 0 Å². The van der Waals surface area contributed by atoms with Gasteiger partial charge in [-0.1, -0.05) is 0 Å². The smallest absolute Gasteiger partial charge is 0.151 e. The van der Waals surface area contributed by atoms with Gasteiger partial charge in [-0.25, -0.2) is 4.39 Å². The SMILES string of the molecule is Oc1cc(Br)c(F)c(Br)c1. The molecule has 0 aliphatic carbocycles. The zero-order valence-corrected chi connectivity index (χ0v) is 7.91. The third-order valence-electron chi connectivity index (χ3n) is 0.969. The third-order valence-corrected chi connectivity index (χ3v) is 2.12. The molecule has 1 aromatic carbocycles. The molecular weight excluding hydrogens is 267 g/mol. The van der Waals surface area contributed by atoms with Gasteiger partial charge in [0.2, 0.25) is 0 Å². The molecule has 1 aromatic rings. The van der Waals surface area contributed by atoms with Crippen LogP contribution >= 0.6 is 31.9 Å².